The van der Waals surface area contributed by atoms with Crippen LogP contribution >= 0.6 is 0 Å². The summed E-state index contributed by atoms with van der Waals surface area (Å²) in [5, 5.41) is 3.06. The minimum absolute atomic E-state index is 0.688. The molecule has 86 valence electrons. The number of nitrogen functional groups attached to an aromatic ring is 1. The minimum Gasteiger partial charge on any atom is -0.460 e. The van der Waals surface area contributed by atoms with E-state index in [1.807, 2.05) is 51.3 Å². The van der Waals surface area contributed by atoms with E-state index in [9.17, 15) is 0 Å². The molecular formula is C13H18N2O. The quantitative estimate of drug-likeness (QED) is 0.463. The summed E-state index contributed by atoms with van der Waals surface area (Å²) in [5.74, 6) is 1.56. The average molecular weight is 218 g/mol. The number of hydrogen-bond acceptors (Lipinski definition) is 3. The Morgan fingerprint density at radius 1 is 1.44 bits per heavy atom. The van der Waals surface area contributed by atoms with Crippen LogP contribution in [0.3, 0.4) is 0 Å². The Morgan fingerprint density at radius 2 is 2.19 bits per heavy atom. The Balaban J connectivity index is 2.91. The summed E-state index contributed by atoms with van der Waals surface area (Å²) in [4.78, 5) is 0. The van der Waals surface area contributed by atoms with Gasteiger partial charge in [0.05, 0.1) is 5.69 Å². The van der Waals surface area contributed by atoms with Crippen LogP contribution in [0.25, 0.3) is 0 Å². The molecule has 0 unspecified atom stereocenters. The maximum Gasteiger partial charge on any atom is 0.152 e. The highest BCUT2D eigenvalue weighted by Gasteiger charge is 2.03. The van der Waals surface area contributed by atoms with Gasteiger partial charge in [0.15, 0.2) is 5.75 Å². The Labute approximate surface area is 96.6 Å². The third kappa shape index (κ3) is 3.35. The first-order valence-corrected chi connectivity index (χ1v) is 5.22. The number of allylic oxidation sites excluding steroid dienone is 4. The van der Waals surface area contributed by atoms with Crippen LogP contribution in [-0.2, 0) is 0 Å². The second kappa shape index (κ2) is 5.85. The van der Waals surface area contributed by atoms with Gasteiger partial charge in [-0.2, -0.15) is 0 Å². The molecule has 0 aliphatic heterocycles. The van der Waals surface area contributed by atoms with Crippen LogP contribution in [0, 0.1) is 0 Å². The fourth-order valence-corrected chi connectivity index (χ4v) is 1.27. The van der Waals surface area contributed by atoms with Crippen molar-refractivity contribution in [3.05, 3.63) is 42.2 Å². The van der Waals surface area contributed by atoms with Crippen LogP contribution < -0.4 is 15.8 Å². The number of nitrogens with one attached hydrogen (secondary N) is 1. The van der Waals surface area contributed by atoms with Crippen molar-refractivity contribution in [3.8, 4) is 5.75 Å². The SMILES string of the molecule is CC=CC=C(C)Oc1cc(N)ccc1NC. The van der Waals surface area contributed by atoms with Gasteiger partial charge in [0.2, 0.25) is 0 Å². The summed E-state index contributed by atoms with van der Waals surface area (Å²) in [6.45, 7) is 3.87. The monoisotopic (exact) mass is 218 g/mol. The zero-order valence-corrected chi connectivity index (χ0v) is 9.95. The molecule has 0 aromatic heterocycles. The van der Waals surface area contributed by atoms with Crippen molar-refractivity contribution in [2.75, 3.05) is 18.1 Å². The molecule has 0 bridgehead atoms. The van der Waals surface area contributed by atoms with Gasteiger partial charge in [0.25, 0.3) is 0 Å². The van der Waals surface area contributed by atoms with E-state index in [0.717, 1.165) is 17.2 Å². The van der Waals surface area contributed by atoms with E-state index in [1.54, 1.807) is 6.07 Å². The van der Waals surface area contributed by atoms with E-state index in [2.05, 4.69) is 5.32 Å². The lowest BCUT2D eigenvalue weighted by Crippen LogP contribution is -1.97. The summed E-state index contributed by atoms with van der Waals surface area (Å²) in [6, 6.07) is 5.54. The zero-order valence-electron chi connectivity index (χ0n) is 9.95. The van der Waals surface area contributed by atoms with Crippen molar-refractivity contribution in [1.29, 1.82) is 0 Å². The molecule has 16 heavy (non-hydrogen) atoms. The molecule has 1 aromatic carbocycles. The lowest BCUT2D eigenvalue weighted by atomic mass is 10.2. The maximum absolute atomic E-state index is 5.72. The van der Waals surface area contributed by atoms with Crippen molar-refractivity contribution in [2.45, 2.75) is 13.8 Å². The van der Waals surface area contributed by atoms with Crippen LogP contribution in [0.2, 0.25) is 0 Å². The van der Waals surface area contributed by atoms with E-state index in [1.165, 1.54) is 0 Å². The molecule has 3 nitrogen and oxygen atoms in total. The summed E-state index contributed by atoms with van der Waals surface area (Å²) in [5.41, 5.74) is 7.32. The van der Waals surface area contributed by atoms with Crippen LogP contribution in [0.1, 0.15) is 13.8 Å². The van der Waals surface area contributed by atoms with Crippen molar-refractivity contribution >= 4 is 11.4 Å². The Hall–Kier alpha value is -1.90. The van der Waals surface area contributed by atoms with E-state index in [4.69, 9.17) is 10.5 Å². The highest BCUT2D eigenvalue weighted by Crippen LogP contribution is 2.28. The van der Waals surface area contributed by atoms with Crippen LogP contribution in [-0.4, -0.2) is 7.05 Å². The third-order valence-electron chi connectivity index (χ3n) is 2.07. The van der Waals surface area contributed by atoms with Crippen molar-refractivity contribution < 1.29 is 4.74 Å². The van der Waals surface area contributed by atoms with Gasteiger partial charge in [-0.05, 0) is 32.1 Å². The van der Waals surface area contributed by atoms with Gasteiger partial charge >= 0.3 is 0 Å². The molecule has 0 aliphatic rings. The highest BCUT2D eigenvalue weighted by molar-refractivity contribution is 5.62. The average Bonchev–Trinajstić information content (AvgIpc) is 2.27. The molecule has 0 amide bonds. The van der Waals surface area contributed by atoms with Gasteiger partial charge in [-0.15, -0.1) is 0 Å². The largest absolute Gasteiger partial charge is 0.460 e. The van der Waals surface area contributed by atoms with Crippen molar-refractivity contribution in [3.63, 3.8) is 0 Å². The molecule has 0 aliphatic carbocycles. The van der Waals surface area contributed by atoms with Crippen LogP contribution in [0.5, 0.6) is 5.75 Å². The van der Waals surface area contributed by atoms with Gasteiger partial charge in [0.1, 0.15) is 5.76 Å². The third-order valence-corrected chi connectivity index (χ3v) is 2.07. The Bertz CT molecular complexity index is 408. The minimum atomic E-state index is 0.688. The fraction of sp³-hybridized carbons (Fsp3) is 0.231. The molecule has 0 fully saturated rings. The van der Waals surface area contributed by atoms with Gasteiger partial charge in [-0.1, -0.05) is 12.2 Å². The lowest BCUT2D eigenvalue weighted by Gasteiger charge is -2.11. The summed E-state index contributed by atoms with van der Waals surface area (Å²) < 4.78 is 5.69. The maximum atomic E-state index is 5.72. The number of benzene rings is 1. The molecule has 0 radical (unpaired) electrons. The number of nitrogens with two attached hydrogens (primary N) is 1. The first-order valence-electron chi connectivity index (χ1n) is 5.22. The first-order chi connectivity index (χ1) is 7.67. The van der Waals surface area contributed by atoms with Gasteiger partial charge < -0.3 is 15.8 Å². The highest BCUT2D eigenvalue weighted by atomic mass is 16.5. The predicted molar refractivity (Wildman–Crippen MR) is 69.6 cm³/mol. The molecule has 0 saturated heterocycles. The fourth-order valence-electron chi connectivity index (χ4n) is 1.27. The molecular weight excluding hydrogens is 200 g/mol. The van der Waals surface area contributed by atoms with Crippen LogP contribution in [0.15, 0.2) is 42.2 Å². The van der Waals surface area contributed by atoms with Gasteiger partial charge in [-0.3, -0.25) is 0 Å². The van der Waals surface area contributed by atoms with Gasteiger partial charge in [0, 0.05) is 18.8 Å². The number of rotatable bonds is 4. The normalized spacial score (nSPS) is 11.8. The predicted octanol–water partition coefficient (Wildman–Crippen LogP) is 3.17. The van der Waals surface area contributed by atoms with E-state index in [-0.39, 0.29) is 0 Å². The number of anilines is 2. The number of hydrogen-bond donors (Lipinski definition) is 2. The van der Waals surface area contributed by atoms with Crippen molar-refractivity contribution in [2.24, 2.45) is 0 Å². The molecule has 1 rings (SSSR count). The molecule has 0 atom stereocenters. The topological polar surface area (TPSA) is 47.3 Å². The molecule has 0 saturated carbocycles. The molecule has 3 N–H and O–H groups in total. The van der Waals surface area contributed by atoms with E-state index < -0.39 is 0 Å². The lowest BCUT2D eigenvalue weighted by molar-refractivity contribution is 0.430. The van der Waals surface area contributed by atoms with Crippen LogP contribution in [0.4, 0.5) is 11.4 Å². The summed E-state index contributed by atoms with van der Waals surface area (Å²) >= 11 is 0. The standard InChI is InChI=1S/C13H18N2O/c1-4-5-6-10(2)16-13-9-11(14)7-8-12(13)15-3/h4-9,15H,14H2,1-3H3. The summed E-state index contributed by atoms with van der Waals surface area (Å²) in [7, 11) is 1.85. The molecule has 3 heteroatoms. The van der Waals surface area contributed by atoms with E-state index >= 15 is 0 Å². The first kappa shape index (κ1) is 12.2. The van der Waals surface area contributed by atoms with Gasteiger partial charge in [-0.25, -0.2) is 0 Å². The molecule has 0 heterocycles. The zero-order chi connectivity index (χ0) is 12.0. The molecule has 0 spiro atoms. The number of ether oxygens (including phenoxy) is 1. The Morgan fingerprint density at radius 3 is 2.81 bits per heavy atom. The van der Waals surface area contributed by atoms with Crippen molar-refractivity contribution in [1.82, 2.24) is 0 Å². The Kier molecular flexibility index (Phi) is 4.45. The smallest absolute Gasteiger partial charge is 0.152 e. The summed E-state index contributed by atoms with van der Waals surface area (Å²) in [6.07, 6.45) is 5.79. The van der Waals surface area contributed by atoms with E-state index in [0.29, 0.717) is 5.69 Å². The second-order valence-electron chi connectivity index (χ2n) is 3.41. The molecule has 1 aromatic rings. The second-order valence-corrected chi connectivity index (χ2v) is 3.41.